The summed E-state index contributed by atoms with van der Waals surface area (Å²) in [6.07, 6.45) is 0.315. The Morgan fingerprint density at radius 1 is 1.16 bits per heavy atom. The Labute approximate surface area is 122 Å². The van der Waals surface area contributed by atoms with E-state index in [1.165, 1.54) is 0 Å². The van der Waals surface area contributed by atoms with Crippen LogP contribution in [0.1, 0.15) is 26.7 Å². The van der Waals surface area contributed by atoms with Gasteiger partial charge in [-0.3, -0.25) is 0 Å². The van der Waals surface area contributed by atoms with Crippen molar-refractivity contribution in [2.45, 2.75) is 26.7 Å². The van der Waals surface area contributed by atoms with Crippen molar-refractivity contribution in [1.82, 2.24) is 0 Å². The van der Waals surface area contributed by atoms with E-state index in [0.717, 1.165) is 10.1 Å². The molecule has 0 aliphatic rings. The summed E-state index contributed by atoms with van der Waals surface area (Å²) in [7, 11) is 0. The fourth-order valence-electron chi connectivity index (χ4n) is 1.72. The van der Waals surface area contributed by atoms with Gasteiger partial charge in [0.2, 0.25) is 0 Å². The summed E-state index contributed by atoms with van der Waals surface area (Å²) in [5.41, 5.74) is 0.863. The third-order valence-electron chi connectivity index (χ3n) is 2.64. The van der Waals surface area contributed by atoms with Crippen molar-refractivity contribution in [2.24, 2.45) is 0 Å². The van der Waals surface area contributed by atoms with Crippen molar-refractivity contribution >= 4 is 38.5 Å². The molecule has 1 aromatic carbocycles. The third-order valence-corrected chi connectivity index (χ3v) is 3.34. The van der Waals surface area contributed by atoms with Crippen LogP contribution in [0.4, 0.5) is 5.69 Å². The minimum atomic E-state index is -0.323. The maximum absolute atomic E-state index is 12.1. The van der Waals surface area contributed by atoms with Crippen LogP contribution in [0.3, 0.4) is 0 Å². The van der Waals surface area contributed by atoms with Gasteiger partial charge in [-0.1, -0.05) is 0 Å². The molecule has 0 aliphatic carbocycles. The van der Waals surface area contributed by atoms with Gasteiger partial charge in [-0.25, -0.2) is 0 Å². The molecule has 0 unspecified atom stereocenters. The Balaban J connectivity index is 2.61. The topological polar surface area (TPSA) is 46.6 Å². The van der Waals surface area contributed by atoms with Gasteiger partial charge in [0.15, 0.2) is 0 Å². The van der Waals surface area contributed by atoms with Crippen LogP contribution < -0.4 is 9.30 Å². The first-order valence-electron chi connectivity index (χ1n) is 6.36. The summed E-state index contributed by atoms with van der Waals surface area (Å²) in [5, 5.41) is 0. The van der Waals surface area contributed by atoms with Gasteiger partial charge in [0, 0.05) is 0 Å². The average molecular weight is 321 g/mol. The first-order valence-corrected chi connectivity index (χ1v) is 7.41. The molecule has 1 aromatic rings. The van der Waals surface area contributed by atoms with E-state index in [0.29, 0.717) is 13.2 Å². The minimum absolute atomic E-state index is 0.0561. The summed E-state index contributed by atoms with van der Waals surface area (Å²) in [4.78, 5) is 25.0. The van der Waals surface area contributed by atoms with Gasteiger partial charge in [0.25, 0.3) is 0 Å². The van der Waals surface area contributed by atoms with E-state index in [-0.39, 0.29) is 24.7 Å². The fourth-order valence-corrected chi connectivity index (χ4v) is 2.07. The number of hydrogen-bond acceptors (Lipinski definition) is 3. The van der Waals surface area contributed by atoms with Crippen LogP contribution in [-0.2, 0) is 14.3 Å². The number of carbonyl (C=O) groups excluding carboxylic acids is 2. The molecule has 19 heavy (non-hydrogen) atoms. The predicted octanol–water partition coefficient (Wildman–Crippen LogP) is 1.18. The Kier molecular flexibility index (Phi) is 6.63. The molecule has 0 bridgehead atoms. The quantitative estimate of drug-likeness (QED) is 0.584. The van der Waals surface area contributed by atoms with Crippen molar-refractivity contribution < 1.29 is 14.3 Å². The molecular weight excluding hydrogens is 303 g/mol. The van der Waals surface area contributed by atoms with Crippen molar-refractivity contribution in [3.8, 4) is 0 Å². The van der Waals surface area contributed by atoms with Crippen LogP contribution in [0.5, 0.6) is 0 Å². The zero-order valence-corrected chi connectivity index (χ0v) is 13.4. The second-order valence-corrected chi connectivity index (χ2v) is 5.20. The van der Waals surface area contributed by atoms with Gasteiger partial charge in [0.05, 0.1) is 0 Å². The second-order valence-electron chi connectivity index (χ2n) is 3.99. The molecule has 0 atom stereocenters. The predicted molar refractivity (Wildman–Crippen MR) is 75.7 cm³/mol. The van der Waals surface area contributed by atoms with Crippen LogP contribution >= 0.6 is 0 Å². The molecule has 0 saturated carbocycles. The van der Waals surface area contributed by atoms with Crippen LogP contribution in [0.15, 0.2) is 24.3 Å². The number of rotatable bonds is 6. The molecule has 101 valence electrons. The number of ether oxygens (including phenoxy) is 1. The van der Waals surface area contributed by atoms with Crippen LogP contribution in [0, 0.1) is 0 Å². The molecule has 0 N–H and O–H groups in total. The number of anilines is 1. The maximum atomic E-state index is 12.1. The van der Waals surface area contributed by atoms with E-state index < -0.39 is 0 Å². The first-order chi connectivity index (χ1) is 9.08. The van der Waals surface area contributed by atoms with Gasteiger partial charge in [0.1, 0.15) is 0 Å². The Hall–Kier alpha value is -1.30. The molecule has 5 heteroatoms. The van der Waals surface area contributed by atoms with Crippen molar-refractivity contribution in [1.29, 1.82) is 0 Å². The van der Waals surface area contributed by atoms with E-state index in [1.807, 2.05) is 47.7 Å². The number of carbonyl (C=O) groups is 2. The Morgan fingerprint density at radius 2 is 1.79 bits per heavy atom. The average Bonchev–Trinajstić information content (AvgIpc) is 2.40. The Morgan fingerprint density at radius 3 is 2.32 bits per heavy atom. The number of hydrogen-bond donors (Lipinski definition) is 0. The van der Waals surface area contributed by atoms with E-state index in [1.54, 1.807) is 11.8 Å². The normalized spacial score (nSPS) is 10.1. The van der Waals surface area contributed by atoms with Gasteiger partial charge in [-0.15, -0.1) is 0 Å². The second kappa shape index (κ2) is 7.99. The molecule has 0 saturated heterocycles. The van der Waals surface area contributed by atoms with Crippen molar-refractivity contribution in [2.75, 3.05) is 18.1 Å². The molecule has 0 heterocycles. The van der Waals surface area contributed by atoms with Gasteiger partial charge >= 0.3 is 122 Å². The molecule has 3 radical (unpaired) electrons. The van der Waals surface area contributed by atoms with Gasteiger partial charge in [-0.05, 0) is 0 Å². The van der Waals surface area contributed by atoms with E-state index in [9.17, 15) is 9.59 Å². The van der Waals surface area contributed by atoms with Gasteiger partial charge < -0.3 is 0 Å². The summed E-state index contributed by atoms with van der Waals surface area (Å²) in [5.74, 6) is -0.379. The van der Waals surface area contributed by atoms with Crippen LogP contribution in [0.2, 0.25) is 0 Å². The van der Waals surface area contributed by atoms with Gasteiger partial charge in [-0.2, -0.15) is 0 Å². The monoisotopic (exact) mass is 322 g/mol. The van der Waals surface area contributed by atoms with Crippen LogP contribution in [0.25, 0.3) is 0 Å². The summed E-state index contributed by atoms with van der Waals surface area (Å²) < 4.78 is 5.97. The number of amides is 1. The molecule has 0 fully saturated rings. The zero-order valence-electron chi connectivity index (χ0n) is 11.3. The third kappa shape index (κ3) is 5.06. The first kappa shape index (κ1) is 15.8. The van der Waals surface area contributed by atoms with Crippen molar-refractivity contribution in [3.05, 3.63) is 24.3 Å². The molecule has 1 amide bonds. The molecule has 0 aliphatic heterocycles. The standard InChI is InChI=1S/C14H18GeNO3/c1-3-16(12-7-5-11(15)6-8-12)13(17)9-10-14(18)19-4-2/h5-8H,3-4,9-10H2,1-2H3. The van der Waals surface area contributed by atoms with E-state index in [2.05, 4.69) is 0 Å². The summed E-state index contributed by atoms with van der Waals surface area (Å²) >= 11 is 2.00. The zero-order chi connectivity index (χ0) is 14.3. The Bertz CT molecular complexity index is 431. The van der Waals surface area contributed by atoms with E-state index in [4.69, 9.17) is 4.74 Å². The molecular formula is C14H18GeNO3. The van der Waals surface area contributed by atoms with Crippen LogP contribution in [-0.4, -0.2) is 41.5 Å². The fraction of sp³-hybridized carbons (Fsp3) is 0.429. The van der Waals surface area contributed by atoms with E-state index >= 15 is 0 Å². The number of esters is 1. The number of nitrogens with zero attached hydrogens (tertiary/aromatic N) is 1. The molecule has 0 aromatic heterocycles. The SMILES string of the molecule is CCOC(=O)CCC(=O)N(CC)c1cc[c]([Ge])cc1. The molecule has 0 spiro atoms. The summed E-state index contributed by atoms with van der Waals surface area (Å²) in [6, 6.07) is 7.77. The number of benzene rings is 1. The molecule has 4 nitrogen and oxygen atoms in total. The molecule has 1 rings (SSSR count). The summed E-state index contributed by atoms with van der Waals surface area (Å²) in [6.45, 7) is 4.61. The van der Waals surface area contributed by atoms with Crippen molar-refractivity contribution in [3.63, 3.8) is 0 Å².